The Morgan fingerprint density at radius 3 is 2.82 bits per heavy atom. The molecule has 1 aliphatic heterocycles. The Morgan fingerprint density at radius 2 is 2.06 bits per heavy atom. The number of aryl methyl sites for hydroxylation is 1. The second-order valence-corrected chi connectivity index (χ2v) is 8.97. The van der Waals surface area contributed by atoms with Crippen molar-refractivity contribution in [1.29, 1.82) is 0 Å². The summed E-state index contributed by atoms with van der Waals surface area (Å²) in [7, 11) is 2.02. The van der Waals surface area contributed by atoms with Gasteiger partial charge in [-0.3, -0.25) is 4.90 Å². The number of nitrogens with zero attached hydrogens (tertiary/aromatic N) is 4. The van der Waals surface area contributed by atoms with Crippen molar-refractivity contribution in [2.45, 2.75) is 25.7 Å². The van der Waals surface area contributed by atoms with E-state index in [9.17, 15) is 13.2 Å². The highest BCUT2D eigenvalue weighted by atomic mass is 32.1. The van der Waals surface area contributed by atoms with Crippen molar-refractivity contribution in [2.24, 2.45) is 0 Å². The number of rotatable bonds is 7. The lowest BCUT2D eigenvalue weighted by atomic mass is 10.1. The standard InChI is InChI=1S/C22H24F3N5O2S/c1-14-7-15(9-16(8-14)28-21-26-4-3-19(29-21)22(23,24)25)18-10-27-20(33-18)12-30(2)11-17-13-31-5-6-32-17/h3-4,7-10,17H,5-6,11-13H2,1-2H3,(H,26,28,29). The second-order valence-electron chi connectivity index (χ2n) is 7.86. The molecule has 11 heteroatoms. The van der Waals surface area contributed by atoms with Gasteiger partial charge in [-0.1, -0.05) is 6.07 Å². The third-order valence-electron chi connectivity index (χ3n) is 4.92. The molecule has 3 aromatic rings. The minimum absolute atomic E-state index is 0.0617. The fraction of sp³-hybridized carbons (Fsp3) is 0.409. The van der Waals surface area contributed by atoms with Crippen molar-refractivity contribution in [3.05, 3.63) is 52.9 Å². The smallest absolute Gasteiger partial charge is 0.376 e. The van der Waals surface area contributed by atoms with E-state index in [1.54, 1.807) is 11.3 Å². The van der Waals surface area contributed by atoms with Crippen molar-refractivity contribution in [3.8, 4) is 10.4 Å². The summed E-state index contributed by atoms with van der Waals surface area (Å²) in [5.74, 6) is -0.109. The molecule has 1 unspecified atom stereocenters. The molecule has 0 radical (unpaired) electrons. The molecule has 7 nitrogen and oxygen atoms in total. The van der Waals surface area contributed by atoms with Crippen molar-refractivity contribution in [3.63, 3.8) is 0 Å². The third kappa shape index (κ3) is 6.47. The molecule has 1 N–H and O–H groups in total. The Bertz CT molecular complexity index is 1090. The Balaban J connectivity index is 1.45. The zero-order valence-corrected chi connectivity index (χ0v) is 19.0. The Morgan fingerprint density at radius 1 is 1.21 bits per heavy atom. The van der Waals surface area contributed by atoms with E-state index in [1.165, 1.54) is 0 Å². The van der Waals surface area contributed by atoms with Gasteiger partial charge >= 0.3 is 6.18 Å². The number of anilines is 2. The first-order valence-electron chi connectivity index (χ1n) is 10.4. The second kappa shape index (κ2) is 10.1. The molecule has 1 saturated heterocycles. The minimum atomic E-state index is -4.53. The molecule has 0 bridgehead atoms. The zero-order valence-electron chi connectivity index (χ0n) is 18.2. The first-order valence-corrected chi connectivity index (χ1v) is 11.2. The number of hydrogen-bond acceptors (Lipinski definition) is 8. The molecule has 1 fully saturated rings. The maximum absolute atomic E-state index is 12.9. The van der Waals surface area contributed by atoms with Gasteiger partial charge in [0.2, 0.25) is 5.95 Å². The van der Waals surface area contributed by atoms with Crippen LogP contribution in [0.3, 0.4) is 0 Å². The largest absolute Gasteiger partial charge is 0.433 e. The summed E-state index contributed by atoms with van der Waals surface area (Å²) >= 11 is 1.57. The van der Waals surface area contributed by atoms with Crippen LogP contribution in [0.5, 0.6) is 0 Å². The number of benzene rings is 1. The minimum Gasteiger partial charge on any atom is -0.376 e. The number of ether oxygens (including phenoxy) is 2. The molecular weight excluding hydrogens is 455 g/mol. The van der Waals surface area contributed by atoms with Crippen LogP contribution in [0.4, 0.5) is 24.8 Å². The molecule has 0 aliphatic carbocycles. The van der Waals surface area contributed by atoms with E-state index < -0.39 is 11.9 Å². The molecule has 1 aliphatic rings. The number of nitrogens with one attached hydrogen (secondary N) is 1. The molecule has 4 rings (SSSR count). The van der Waals surface area contributed by atoms with E-state index in [-0.39, 0.29) is 12.1 Å². The van der Waals surface area contributed by atoms with Crippen molar-refractivity contribution in [2.75, 3.05) is 38.7 Å². The summed E-state index contributed by atoms with van der Waals surface area (Å²) in [5, 5.41) is 3.84. The summed E-state index contributed by atoms with van der Waals surface area (Å²) in [4.78, 5) is 15.1. The van der Waals surface area contributed by atoms with Gasteiger partial charge in [-0.05, 0) is 43.3 Å². The molecule has 33 heavy (non-hydrogen) atoms. The number of thiazole rings is 1. The Hall–Kier alpha value is -2.60. The summed E-state index contributed by atoms with van der Waals surface area (Å²) in [6.45, 7) is 5.22. The van der Waals surface area contributed by atoms with Crippen LogP contribution in [0.1, 0.15) is 16.3 Å². The van der Waals surface area contributed by atoms with E-state index in [0.29, 0.717) is 32.1 Å². The van der Waals surface area contributed by atoms with E-state index in [4.69, 9.17) is 9.47 Å². The molecule has 1 atom stereocenters. The van der Waals surface area contributed by atoms with Crippen molar-refractivity contribution >= 4 is 23.0 Å². The number of likely N-dealkylation sites (N-methyl/N-ethyl adjacent to an activating group) is 1. The lowest BCUT2D eigenvalue weighted by Gasteiger charge is -2.26. The van der Waals surface area contributed by atoms with Crippen LogP contribution < -0.4 is 5.32 Å². The van der Waals surface area contributed by atoms with Gasteiger partial charge in [-0.25, -0.2) is 15.0 Å². The van der Waals surface area contributed by atoms with Gasteiger partial charge in [-0.15, -0.1) is 11.3 Å². The fourth-order valence-electron chi connectivity index (χ4n) is 3.51. The maximum atomic E-state index is 12.9. The van der Waals surface area contributed by atoms with E-state index in [1.807, 2.05) is 38.4 Å². The van der Waals surface area contributed by atoms with Crippen LogP contribution >= 0.6 is 11.3 Å². The summed E-state index contributed by atoms with van der Waals surface area (Å²) in [5.41, 5.74) is 1.48. The van der Waals surface area contributed by atoms with Crippen LogP contribution in [0, 0.1) is 6.92 Å². The van der Waals surface area contributed by atoms with Crippen LogP contribution in [-0.2, 0) is 22.2 Å². The zero-order chi connectivity index (χ0) is 23.4. The molecule has 0 amide bonds. The van der Waals surface area contributed by atoms with E-state index in [2.05, 4.69) is 25.2 Å². The summed E-state index contributed by atoms with van der Waals surface area (Å²) in [6, 6.07) is 6.53. The summed E-state index contributed by atoms with van der Waals surface area (Å²) in [6.07, 6.45) is -1.57. The topological polar surface area (TPSA) is 72.4 Å². The van der Waals surface area contributed by atoms with Crippen LogP contribution in [0.25, 0.3) is 10.4 Å². The predicted octanol–water partition coefficient (Wildman–Crippen LogP) is 4.52. The van der Waals surface area contributed by atoms with Gasteiger partial charge < -0.3 is 14.8 Å². The molecule has 0 saturated carbocycles. The van der Waals surface area contributed by atoms with E-state index in [0.717, 1.165) is 39.8 Å². The van der Waals surface area contributed by atoms with Gasteiger partial charge in [0.15, 0.2) is 0 Å². The number of alkyl halides is 3. The van der Waals surface area contributed by atoms with Crippen LogP contribution in [0.15, 0.2) is 36.7 Å². The van der Waals surface area contributed by atoms with Gasteiger partial charge in [0.1, 0.15) is 10.7 Å². The predicted molar refractivity (Wildman–Crippen MR) is 119 cm³/mol. The van der Waals surface area contributed by atoms with Crippen molar-refractivity contribution < 1.29 is 22.6 Å². The molecule has 176 valence electrons. The maximum Gasteiger partial charge on any atom is 0.433 e. The third-order valence-corrected chi connectivity index (χ3v) is 5.95. The first kappa shape index (κ1) is 23.6. The monoisotopic (exact) mass is 479 g/mol. The highest BCUT2D eigenvalue weighted by Gasteiger charge is 2.32. The average Bonchev–Trinajstić information content (AvgIpc) is 3.22. The normalized spacial score (nSPS) is 16.8. The quantitative estimate of drug-likeness (QED) is 0.534. The molecular formula is C22H24F3N5O2S. The number of halogens is 3. The Kier molecular flexibility index (Phi) is 7.23. The molecule has 3 heterocycles. The number of aromatic nitrogens is 3. The van der Waals surface area contributed by atoms with Crippen molar-refractivity contribution in [1.82, 2.24) is 19.9 Å². The number of hydrogen-bond donors (Lipinski definition) is 1. The summed E-state index contributed by atoms with van der Waals surface area (Å²) < 4.78 is 50.0. The van der Waals surface area contributed by atoms with Gasteiger partial charge in [0.05, 0.1) is 37.3 Å². The van der Waals surface area contributed by atoms with E-state index >= 15 is 0 Å². The lowest BCUT2D eigenvalue weighted by molar-refractivity contribution is -0.141. The van der Waals surface area contributed by atoms with Gasteiger partial charge in [0, 0.05) is 24.6 Å². The highest BCUT2D eigenvalue weighted by molar-refractivity contribution is 7.15. The highest BCUT2D eigenvalue weighted by Crippen LogP contribution is 2.31. The molecule has 1 aromatic carbocycles. The fourth-order valence-corrected chi connectivity index (χ4v) is 4.49. The SMILES string of the molecule is Cc1cc(Nc2nccc(C(F)(F)F)n2)cc(-c2cnc(CN(C)CC3COCCO3)s2)c1. The van der Waals surface area contributed by atoms with Crippen LogP contribution in [-0.4, -0.2) is 59.4 Å². The van der Waals surface area contributed by atoms with Gasteiger partial charge in [0.25, 0.3) is 0 Å². The lowest BCUT2D eigenvalue weighted by Crippen LogP contribution is -2.38. The average molecular weight is 480 g/mol. The van der Waals surface area contributed by atoms with Crippen LogP contribution in [0.2, 0.25) is 0 Å². The first-order chi connectivity index (χ1) is 15.8. The Labute approximate surface area is 193 Å². The molecule has 0 spiro atoms. The molecule has 2 aromatic heterocycles. The van der Waals surface area contributed by atoms with Gasteiger partial charge in [-0.2, -0.15) is 13.2 Å².